The van der Waals surface area contributed by atoms with Crippen LogP contribution in [0.1, 0.15) is 12.5 Å². The zero-order valence-electron chi connectivity index (χ0n) is 11.1. The number of nitrogens with one attached hydrogen (secondary N) is 2. The molecule has 1 aromatic rings. The topological polar surface area (TPSA) is 44.4 Å². The zero-order chi connectivity index (χ0) is 13.5. The van der Waals surface area contributed by atoms with Crippen LogP contribution >= 0.6 is 15.9 Å². The summed E-state index contributed by atoms with van der Waals surface area (Å²) in [6.45, 7) is 3.72. The van der Waals surface area contributed by atoms with Gasteiger partial charge in [0.05, 0.1) is 6.54 Å². The molecule has 0 aromatic heterocycles. The summed E-state index contributed by atoms with van der Waals surface area (Å²) in [6.07, 6.45) is 0. The summed E-state index contributed by atoms with van der Waals surface area (Å²) in [7, 11) is 3.84. The van der Waals surface area contributed by atoms with Gasteiger partial charge in [0.1, 0.15) is 0 Å². The Morgan fingerprint density at radius 1 is 1.44 bits per heavy atom. The van der Waals surface area contributed by atoms with Gasteiger partial charge in [-0.15, -0.1) is 0 Å². The average molecular weight is 314 g/mol. The van der Waals surface area contributed by atoms with E-state index >= 15 is 0 Å². The highest BCUT2D eigenvalue weighted by Gasteiger charge is 2.11. The first-order valence-electron chi connectivity index (χ1n) is 5.99. The third-order valence-corrected chi connectivity index (χ3v) is 3.07. The van der Waals surface area contributed by atoms with Crippen molar-refractivity contribution < 1.29 is 4.79 Å². The van der Waals surface area contributed by atoms with E-state index in [1.165, 1.54) is 5.56 Å². The molecule has 0 unspecified atom stereocenters. The molecule has 5 heteroatoms. The minimum absolute atomic E-state index is 0.0374. The van der Waals surface area contributed by atoms with Gasteiger partial charge in [0.25, 0.3) is 0 Å². The van der Waals surface area contributed by atoms with Crippen LogP contribution in [-0.2, 0) is 11.3 Å². The number of halogens is 1. The highest BCUT2D eigenvalue weighted by atomic mass is 79.9. The Morgan fingerprint density at radius 3 is 2.78 bits per heavy atom. The fraction of sp³-hybridized carbons (Fsp3) is 0.462. The molecule has 2 N–H and O–H groups in total. The van der Waals surface area contributed by atoms with Gasteiger partial charge in [0.15, 0.2) is 0 Å². The predicted molar refractivity (Wildman–Crippen MR) is 78.9 cm³/mol. The molecule has 0 atom stereocenters. The van der Waals surface area contributed by atoms with Gasteiger partial charge in [0.2, 0.25) is 5.91 Å². The number of hydrogen-bond donors (Lipinski definition) is 2. The predicted octanol–water partition coefficient (Wildman–Crippen LogP) is 1.74. The molecule has 1 aromatic carbocycles. The van der Waals surface area contributed by atoms with E-state index in [1.807, 2.05) is 38.1 Å². The first kappa shape index (κ1) is 15.0. The van der Waals surface area contributed by atoms with E-state index in [0.29, 0.717) is 13.1 Å². The molecule has 0 bridgehead atoms. The van der Waals surface area contributed by atoms with Crippen LogP contribution in [0.5, 0.6) is 0 Å². The number of amides is 1. The van der Waals surface area contributed by atoms with E-state index in [4.69, 9.17) is 0 Å². The summed E-state index contributed by atoms with van der Waals surface area (Å²) >= 11 is 3.47. The first-order valence-corrected chi connectivity index (χ1v) is 6.78. The second-order valence-electron chi connectivity index (χ2n) is 4.11. The molecule has 1 amide bonds. The van der Waals surface area contributed by atoms with E-state index in [1.54, 1.807) is 0 Å². The van der Waals surface area contributed by atoms with Crippen molar-refractivity contribution in [3.8, 4) is 0 Å². The Kier molecular flexibility index (Phi) is 6.15. The van der Waals surface area contributed by atoms with Crippen LogP contribution in [-0.4, -0.2) is 33.1 Å². The lowest BCUT2D eigenvalue weighted by atomic mass is 10.1. The normalized spacial score (nSPS) is 10.2. The van der Waals surface area contributed by atoms with Crippen molar-refractivity contribution in [2.24, 2.45) is 0 Å². The Bertz CT molecular complexity index is 409. The van der Waals surface area contributed by atoms with Gasteiger partial charge in [-0.3, -0.25) is 4.79 Å². The number of rotatable bonds is 6. The Morgan fingerprint density at radius 2 is 2.17 bits per heavy atom. The van der Waals surface area contributed by atoms with Gasteiger partial charge in [-0.05, 0) is 31.7 Å². The van der Waals surface area contributed by atoms with E-state index < -0.39 is 0 Å². The van der Waals surface area contributed by atoms with Crippen LogP contribution in [0.3, 0.4) is 0 Å². The van der Waals surface area contributed by atoms with E-state index in [0.717, 1.165) is 16.7 Å². The molecular weight excluding hydrogens is 294 g/mol. The van der Waals surface area contributed by atoms with Crippen LogP contribution in [0.4, 0.5) is 5.69 Å². The Hall–Kier alpha value is -1.07. The number of nitrogens with zero attached hydrogens (tertiary/aromatic N) is 1. The molecule has 0 aliphatic carbocycles. The summed E-state index contributed by atoms with van der Waals surface area (Å²) in [4.78, 5) is 13.6. The number of carbonyl (C=O) groups is 1. The van der Waals surface area contributed by atoms with Gasteiger partial charge >= 0.3 is 0 Å². The van der Waals surface area contributed by atoms with Gasteiger partial charge in [-0.1, -0.05) is 22.0 Å². The van der Waals surface area contributed by atoms with E-state index in [-0.39, 0.29) is 5.91 Å². The first-order chi connectivity index (χ1) is 8.58. The maximum absolute atomic E-state index is 11.6. The lowest BCUT2D eigenvalue weighted by molar-refractivity contribution is -0.119. The molecule has 0 saturated carbocycles. The zero-order valence-corrected chi connectivity index (χ0v) is 12.7. The molecule has 0 fully saturated rings. The molecule has 1 rings (SSSR count). The van der Waals surface area contributed by atoms with E-state index in [9.17, 15) is 4.79 Å². The molecule has 0 spiro atoms. The molecule has 0 aliphatic heterocycles. The van der Waals surface area contributed by atoms with Crippen molar-refractivity contribution in [1.82, 2.24) is 10.6 Å². The van der Waals surface area contributed by atoms with Crippen molar-refractivity contribution in [2.75, 3.05) is 32.1 Å². The SMILES string of the molecule is CCNC(=O)CN(C)c1cc(Br)ccc1CNC. The fourth-order valence-electron chi connectivity index (χ4n) is 1.79. The van der Waals surface area contributed by atoms with Crippen LogP contribution < -0.4 is 15.5 Å². The molecular formula is C13H20BrN3O. The van der Waals surface area contributed by atoms with Crippen LogP contribution in [0.15, 0.2) is 22.7 Å². The van der Waals surface area contributed by atoms with Gasteiger partial charge in [0, 0.05) is 30.3 Å². The second-order valence-corrected chi connectivity index (χ2v) is 5.03. The average Bonchev–Trinajstić information content (AvgIpc) is 2.32. The highest BCUT2D eigenvalue weighted by molar-refractivity contribution is 9.10. The maximum atomic E-state index is 11.6. The van der Waals surface area contributed by atoms with Crippen molar-refractivity contribution in [3.63, 3.8) is 0 Å². The van der Waals surface area contributed by atoms with E-state index in [2.05, 4.69) is 32.6 Å². The lowest BCUT2D eigenvalue weighted by Gasteiger charge is -2.22. The fourth-order valence-corrected chi connectivity index (χ4v) is 2.13. The lowest BCUT2D eigenvalue weighted by Crippen LogP contribution is -2.35. The molecule has 0 saturated heterocycles. The molecule has 18 heavy (non-hydrogen) atoms. The molecule has 0 radical (unpaired) electrons. The summed E-state index contributed by atoms with van der Waals surface area (Å²) in [5, 5.41) is 5.94. The summed E-state index contributed by atoms with van der Waals surface area (Å²) in [5.74, 6) is 0.0374. The van der Waals surface area contributed by atoms with Crippen molar-refractivity contribution in [2.45, 2.75) is 13.5 Å². The van der Waals surface area contributed by atoms with Crippen molar-refractivity contribution in [3.05, 3.63) is 28.2 Å². The Balaban J connectivity index is 2.85. The molecule has 100 valence electrons. The number of likely N-dealkylation sites (N-methyl/N-ethyl adjacent to an activating group) is 2. The van der Waals surface area contributed by atoms with Gasteiger partial charge < -0.3 is 15.5 Å². The molecule has 4 nitrogen and oxygen atoms in total. The third-order valence-electron chi connectivity index (χ3n) is 2.58. The number of benzene rings is 1. The van der Waals surface area contributed by atoms with Gasteiger partial charge in [-0.25, -0.2) is 0 Å². The minimum atomic E-state index is 0.0374. The number of hydrogen-bond acceptors (Lipinski definition) is 3. The van der Waals surface area contributed by atoms with Crippen LogP contribution in [0.25, 0.3) is 0 Å². The molecule has 0 aliphatic rings. The Labute approximate surface area is 117 Å². The van der Waals surface area contributed by atoms with Gasteiger partial charge in [-0.2, -0.15) is 0 Å². The standard InChI is InChI=1S/C13H20BrN3O/c1-4-16-13(18)9-17(3)12-7-11(14)6-5-10(12)8-15-2/h5-7,15H,4,8-9H2,1-3H3,(H,16,18). The highest BCUT2D eigenvalue weighted by Crippen LogP contribution is 2.24. The monoisotopic (exact) mass is 313 g/mol. The summed E-state index contributed by atoms with van der Waals surface area (Å²) < 4.78 is 1.01. The largest absolute Gasteiger partial charge is 0.365 e. The quantitative estimate of drug-likeness (QED) is 0.841. The van der Waals surface area contributed by atoms with Crippen molar-refractivity contribution in [1.29, 1.82) is 0 Å². The minimum Gasteiger partial charge on any atom is -0.365 e. The van der Waals surface area contributed by atoms with Crippen LogP contribution in [0, 0.1) is 0 Å². The summed E-state index contributed by atoms with van der Waals surface area (Å²) in [6, 6.07) is 6.10. The summed E-state index contributed by atoms with van der Waals surface area (Å²) in [5.41, 5.74) is 2.23. The van der Waals surface area contributed by atoms with Crippen LogP contribution in [0.2, 0.25) is 0 Å². The molecule has 0 heterocycles. The second kappa shape index (κ2) is 7.38. The third kappa shape index (κ3) is 4.31. The van der Waals surface area contributed by atoms with Crippen molar-refractivity contribution >= 4 is 27.5 Å². The maximum Gasteiger partial charge on any atom is 0.239 e. The smallest absolute Gasteiger partial charge is 0.239 e. The number of anilines is 1. The number of carbonyl (C=O) groups excluding carboxylic acids is 1.